The lowest BCUT2D eigenvalue weighted by atomic mass is 10.3. The maximum absolute atomic E-state index is 5.62. The van der Waals surface area contributed by atoms with Gasteiger partial charge in [0, 0.05) is 23.6 Å². The van der Waals surface area contributed by atoms with E-state index in [1.54, 1.807) is 0 Å². The van der Waals surface area contributed by atoms with Crippen LogP contribution in [0.3, 0.4) is 0 Å². The summed E-state index contributed by atoms with van der Waals surface area (Å²) in [5.74, 6) is 1.06. The quantitative estimate of drug-likeness (QED) is 0.910. The number of nitrogens with zero attached hydrogens (tertiary/aromatic N) is 2. The van der Waals surface area contributed by atoms with Crippen LogP contribution in [-0.2, 0) is 0 Å². The fourth-order valence-corrected chi connectivity index (χ4v) is 1.92. The highest BCUT2D eigenvalue weighted by Gasteiger charge is 2.29. The van der Waals surface area contributed by atoms with Crippen molar-refractivity contribution in [2.75, 3.05) is 18.0 Å². The molecule has 82 valence electrons. The van der Waals surface area contributed by atoms with Gasteiger partial charge in [0.15, 0.2) is 0 Å². The Bertz CT molecular complexity index is 350. The average Bonchev–Trinajstić information content (AvgIpc) is 3.02. The largest absolute Gasteiger partial charge is 0.352 e. The van der Waals surface area contributed by atoms with Crippen molar-refractivity contribution < 1.29 is 0 Å². The summed E-state index contributed by atoms with van der Waals surface area (Å²) in [4.78, 5) is 6.90. The molecule has 0 unspecified atom stereocenters. The predicted octanol–water partition coefficient (Wildman–Crippen LogP) is 2.08. The lowest BCUT2D eigenvalue weighted by molar-refractivity contribution is 0.769. The molecule has 3 nitrogen and oxygen atoms in total. The van der Waals surface area contributed by atoms with Gasteiger partial charge in [-0.25, -0.2) is 4.98 Å². The van der Waals surface area contributed by atoms with Crippen LogP contribution in [0.1, 0.15) is 18.5 Å². The smallest absolute Gasteiger partial charge is 0.129 e. The Morgan fingerprint density at radius 1 is 1.53 bits per heavy atom. The van der Waals surface area contributed by atoms with Gasteiger partial charge in [-0.15, -0.1) is 0 Å². The Labute approximate surface area is 98.8 Å². The molecule has 0 saturated heterocycles. The highest BCUT2D eigenvalue weighted by molar-refractivity contribution is 9.10. The number of aromatic nitrogens is 1. The summed E-state index contributed by atoms with van der Waals surface area (Å²) in [6.45, 7) is 3.60. The number of pyridine rings is 1. The molecule has 1 aliphatic carbocycles. The average molecular weight is 270 g/mol. The third-order valence-corrected chi connectivity index (χ3v) is 3.50. The van der Waals surface area contributed by atoms with Crippen LogP contribution in [0.2, 0.25) is 0 Å². The second-order valence-electron chi connectivity index (χ2n) is 3.95. The van der Waals surface area contributed by atoms with Gasteiger partial charge in [0.25, 0.3) is 0 Å². The number of hydrogen-bond acceptors (Lipinski definition) is 3. The van der Waals surface area contributed by atoms with Crippen LogP contribution in [-0.4, -0.2) is 24.1 Å². The first-order chi connectivity index (χ1) is 7.22. The molecular weight excluding hydrogens is 254 g/mol. The Hall–Kier alpha value is -0.610. The summed E-state index contributed by atoms with van der Waals surface area (Å²) < 4.78 is 1.06. The molecule has 1 aromatic rings. The fraction of sp³-hybridized carbons (Fsp3) is 0.545. The molecule has 4 heteroatoms. The van der Waals surface area contributed by atoms with Gasteiger partial charge in [-0.05, 0) is 47.8 Å². The van der Waals surface area contributed by atoms with E-state index in [-0.39, 0.29) is 0 Å². The van der Waals surface area contributed by atoms with Crippen molar-refractivity contribution in [3.05, 3.63) is 22.3 Å². The van der Waals surface area contributed by atoms with E-state index in [0.717, 1.165) is 22.5 Å². The first-order valence-electron chi connectivity index (χ1n) is 5.32. The second kappa shape index (κ2) is 4.49. The molecule has 0 atom stereocenters. The van der Waals surface area contributed by atoms with Gasteiger partial charge in [0.2, 0.25) is 0 Å². The van der Waals surface area contributed by atoms with E-state index >= 15 is 0 Å². The van der Waals surface area contributed by atoms with Crippen LogP contribution >= 0.6 is 15.9 Å². The molecule has 2 N–H and O–H groups in total. The number of anilines is 1. The van der Waals surface area contributed by atoms with E-state index < -0.39 is 0 Å². The molecule has 1 saturated carbocycles. The third kappa shape index (κ3) is 2.49. The number of nitrogens with two attached hydrogens (primary N) is 1. The zero-order chi connectivity index (χ0) is 10.8. The lowest BCUT2D eigenvalue weighted by Crippen LogP contribution is -2.32. The number of halogens is 1. The Morgan fingerprint density at radius 2 is 2.27 bits per heavy atom. The van der Waals surface area contributed by atoms with Crippen LogP contribution < -0.4 is 10.6 Å². The first kappa shape index (κ1) is 10.9. The Morgan fingerprint density at radius 3 is 2.80 bits per heavy atom. The molecule has 1 fully saturated rings. The summed E-state index contributed by atoms with van der Waals surface area (Å²) in [6.07, 6.45) is 2.55. The summed E-state index contributed by atoms with van der Waals surface area (Å²) >= 11 is 3.46. The van der Waals surface area contributed by atoms with E-state index in [1.165, 1.54) is 12.8 Å². The Kier molecular flexibility index (Phi) is 3.26. The second-order valence-corrected chi connectivity index (χ2v) is 4.80. The van der Waals surface area contributed by atoms with Gasteiger partial charge < -0.3 is 10.6 Å². The fourth-order valence-electron chi connectivity index (χ4n) is 1.70. The Balaban J connectivity index is 2.21. The van der Waals surface area contributed by atoms with Gasteiger partial charge >= 0.3 is 0 Å². The minimum Gasteiger partial charge on any atom is -0.352 e. The maximum Gasteiger partial charge on any atom is 0.129 e. The highest BCUT2D eigenvalue weighted by Crippen LogP contribution is 2.31. The van der Waals surface area contributed by atoms with E-state index in [0.29, 0.717) is 12.6 Å². The zero-order valence-corrected chi connectivity index (χ0v) is 10.5. The molecule has 1 heterocycles. The zero-order valence-electron chi connectivity index (χ0n) is 8.91. The minimum absolute atomic E-state index is 0.668. The molecule has 15 heavy (non-hydrogen) atoms. The molecule has 0 spiro atoms. The molecule has 0 bridgehead atoms. The van der Waals surface area contributed by atoms with E-state index in [1.807, 2.05) is 6.92 Å². The minimum atomic E-state index is 0.668. The van der Waals surface area contributed by atoms with Gasteiger partial charge in [-0.3, -0.25) is 0 Å². The van der Waals surface area contributed by atoms with Crippen molar-refractivity contribution in [1.82, 2.24) is 4.98 Å². The van der Waals surface area contributed by atoms with Crippen molar-refractivity contribution in [3.63, 3.8) is 0 Å². The molecule has 0 aliphatic heterocycles. The van der Waals surface area contributed by atoms with Gasteiger partial charge in [0.1, 0.15) is 5.82 Å². The molecule has 0 amide bonds. The van der Waals surface area contributed by atoms with Crippen molar-refractivity contribution in [2.24, 2.45) is 5.73 Å². The monoisotopic (exact) mass is 269 g/mol. The topological polar surface area (TPSA) is 42.2 Å². The summed E-state index contributed by atoms with van der Waals surface area (Å²) in [7, 11) is 0. The van der Waals surface area contributed by atoms with E-state index in [4.69, 9.17) is 5.73 Å². The highest BCUT2D eigenvalue weighted by atomic mass is 79.9. The van der Waals surface area contributed by atoms with Crippen LogP contribution in [0.4, 0.5) is 5.82 Å². The van der Waals surface area contributed by atoms with Gasteiger partial charge in [-0.2, -0.15) is 0 Å². The number of hydrogen-bond donors (Lipinski definition) is 1. The van der Waals surface area contributed by atoms with Crippen LogP contribution in [0.25, 0.3) is 0 Å². The van der Waals surface area contributed by atoms with Gasteiger partial charge in [-0.1, -0.05) is 0 Å². The molecule has 0 radical (unpaired) electrons. The van der Waals surface area contributed by atoms with Crippen molar-refractivity contribution >= 4 is 21.7 Å². The SMILES string of the molecule is Cc1nc(N(CCN)C2CC2)ccc1Br. The lowest BCUT2D eigenvalue weighted by Gasteiger charge is -2.23. The van der Waals surface area contributed by atoms with Crippen LogP contribution in [0, 0.1) is 6.92 Å². The number of rotatable bonds is 4. The summed E-state index contributed by atoms with van der Waals surface area (Å²) in [6, 6.07) is 4.79. The van der Waals surface area contributed by atoms with Crippen molar-refractivity contribution in [2.45, 2.75) is 25.8 Å². The normalized spacial score (nSPS) is 15.4. The summed E-state index contributed by atoms with van der Waals surface area (Å²) in [5, 5.41) is 0. The summed E-state index contributed by atoms with van der Waals surface area (Å²) in [5.41, 5.74) is 6.66. The van der Waals surface area contributed by atoms with Crippen molar-refractivity contribution in [1.29, 1.82) is 0 Å². The standard InChI is InChI=1S/C11H16BrN3/c1-8-10(12)4-5-11(14-8)15(7-6-13)9-2-3-9/h4-5,9H,2-3,6-7,13H2,1H3. The molecule has 2 rings (SSSR count). The van der Waals surface area contributed by atoms with E-state index in [9.17, 15) is 0 Å². The number of aryl methyl sites for hydroxylation is 1. The maximum atomic E-state index is 5.62. The molecule has 1 aromatic heterocycles. The molecule has 0 aromatic carbocycles. The van der Waals surface area contributed by atoms with Crippen molar-refractivity contribution in [3.8, 4) is 0 Å². The van der Waals surface area contributed by atoms with E-state index in [2.05, 4.69) is 37.9 Å². The third-order valence-electron chi connectivity index (χ3n) is 2.66. The molecular formula is C11H16BrN3. The van der Waals surface area contributed by atoms with Crippen LogP contribution in [0.15, 0.2) is 16.6 Å². The van der Waals surface area contributed by atoms with Crippen LogP contribution in [0.5, 0.6) is 0 Å². The predicted molar refractivity (Wildman–Crippen MR) is 66.1 cm³/mol. The van der Waals surface area contributed by atoms with Gasteiger partial charge in [0.05, 0.1) is 5.69 Å². The molecule has 1 aliphatic rings. The first-order valence-corrected chi connectivity index (χ1v) is 6.11.